The van der Waals surface area contributed by atoms with E-state index >= 15 is 0 Å². The first-order valence-corrected chi connectivity index (χ1v) is 9.33. The second kappa shape index (κ2) is 9.35. The first-order valence-electron chi connectivity index (χ1n) is 8.16. The van der Waals surface area contributed by atoms with Crippen LogP contribution in [0.4, 0.5) is 0 Å². The van der Waals surface area contributed by atoms with Crippen LogP contribution < -0.4 is 10.2 Å². The molecule has 3 aromatic rings. The van der Waals surface area contributed by atoms with Crippen molar-refractivity contribution in [3.63, 3.8) is 0 Å². The molecule has 6 heteroatoms. The molecule has 136 valence electrons. The van der Waals surface area contributed by atoms with E-state index in [1.54, 1.807) is 30.5 Å². The molecule has 0 aliphatic heterocycles. The van der Waals surface area contributed by atoms with Crippen LogP contribution in [0.15, 0.2) is 82.4 Å². The number of nitrogens with zero attached hydrogens (tertiary/aromatic N) is 1. The van der Waals surface area contributed by atoms with Crippen molar-refractivity contribution in [2.45, 2.75) is 6.61 Å². The lowest BCUT2D eigenvalue weighted by Gasteiger charge is -2.06. The minimum atomic E-state index is -0.316. The van der Waals surface area contributed by atoms with Gasteiger partial charge in [-0.3, -0.25) is 4.79 Å². The predicted molar refractivity (Wildman–Crippen MR) is 111 cm³/mol. The average Bonchev–Trinajstić information content (AvgIpc) is 2.68. The molecule has 27 heavy (non-hydrogen) atoms. The maximum absolute atomic E-state index is 12.0. The number of halogens is 2. The normalized spacial score (nSPS) is 10.7. The summed E-state index contributed by atoms with van der Waals surface area (Å²) in [5.74, 6) is 0.446. The Hall–Kier alpha value is -2.63. The van der Waals surface area contributed by atoms with E-state index in [2.05, 4.69) is 26.5 Å². The van der Waals surface area contributed by atoms with Gasteiger partial charge in [-0.15, -0.1) is 0 Å². The van der Waals surface area contributed by atoms with Crippen LogP contribution >= 0.6 is 27.5 Å². The summed E-state index contributed by atoms with van der Waals surface area (Å²) in [7, 11) is 0. The SMILES string of the molecule is O=C(NN=Cc1ccc(OCc2ccc(Br)cc2)cc1)c1cccc(Cl)c1. The van der Waals surface area contributed by atoms with Crippen molar-refractivity contribution >= 4 is 39.7 Å². The zero-order chi connectivity index (χ0) is 19.1. The predicted octanol–water partition coefficient (Wildman–Crippen LogP) is 5.45. The van der Waals surface area contributed by atoms with Crippen molar-refractivity contribution in [2.75, 3.05) is 0 Å². The average molecular weight is 444 g/mol. The number of hydrogen-bond acceptors (Lipinski definition) is 3. The van der Waals surface area contributed by atoms with Gasteiger partial charge in [0.25, 0.3) is 5.91 Å². The minimum absolute atomic E-state index is 0.316. The molecular weight excluding hydrogens is 428 g/mol. The van der Waals surface area contributed by atoms with E-state index in [4.69, 9.17) is 16.3 Å². The zero-order valence-corrected chi connectivity index (χ0v) is 16.6. The van der Waals surface area contributed by atoms with Crippen molar-refractivity contribution in [3.8, 4) is 5.75 Å². The van der Waals surface area contributed by atoms with Crippen LogP contribution in [0.1, 0.15) is 21.5 Å². The molecule has 1 N–H and O–H groups in total. The molecule has 1 amide bonds. The van der Waals surface area contributed by atoms with Crippen LogP contribution in [0.3, 0.4) is 0 Å². The van der Waals surface area contributed by atoms with Crippen molar-refractivity contribution in [2.24, 2.45) is 5.10 Å². The van der Waals surface area contributed by atoms with Gasteiger partial charge < -0.3 is 4.74 Å². The van der Waals surface area contributed by atoms with Crippen LogP contribution in [0.2, 0.25) is 5.02 Å². The summed E-state index contributed by atoms with van der Waals surface area (Å²) in [4.78, 5) is 12.0. The minimum Gasteiger partial charge on any atom is -0.489 e. The van der Waals surface area contributed by atoms with E-state index in [9.17, 15) is 4.79 Å². The Morgan fingerprint density at radius 2 is 1.81 bits per heavy atom. The third-order valence-electron chi connectivity index (χ3n) is 3.67. The third-order valence-corrected chi connectivity index (χ3v) is 4.43. The van der Waals surface area contributed by atoms with E-state index in [1.807, 2.05) is 48.5 Å². The summed E-state index contributed by atoms with van der Waals surface area (Å²) >= 11 is 9.28. The molecule has 0 saturated carbocycles. The molecule has 0 saturated heterocycles. The summed E-state index contributed by atoms with van der Waals surface area (Å²) < 4.78 is 6.80. The van der Waals surface area contributed by atoms with Gasteiger partial charge in [0.15, 0.2) is 0 Å². The molecule has 0 aliphatic rings. The number of hydrazone groups is 1. The molecule has 0 aromatic heterocycles. The van der Waals surface area contributed by atoms with Crippen LogP contribution in [-0.2, 0) is 6.61 Å². The molecule has 0 radical (unpaired) electrons. The summed E-state index contributed by atoms with van der Waals surface area (Å²) in [5.41, 5.74) is 4.87. The maximum atomic E-state index is 12.0. The summed E-state index contributed by atoms with van der Waals surface area (Å²) in [6.45, 7) is 0.496. The van der Waals surface area contributed by atoms with Gasteiger partial charge in [-0.25, -0.2) is 5.43 Å². The Morgan fingerprint density at radius 3 is 2.52 bits per heavy atom. The largest absolute Gasteiger partial charge is 0.489 e. The standard InChI is InChI=1S/C21H16BrClN2O2/c22-18-8-4-16(5-9-18)14-27-20-10-6-15(7-11-20)13-24-25-21(26)17-2-1-3-19(23)12-17/h1-13H,14H2,(H,25,26). The summed E-state index contributed by atoms with van der Waals surface area (Å²) in [6, 6.07) is 22.1. The topological polar surface area (TPSA) is 50.7 Å². The Kier molecular flexibility index (Phi) is 6.63. The fourth-order valence-electron chi connectivity index (χ4n) is 2.26. The highest BCUT2D eigenvalue weighted by atomic mass is 79.9. The molecule has 3 aromatic carbocycles. The number of hydrogen-bond donors (Lipinski definition) is 1. The van der Waals surface area contributed by atoms with Crippen molar-refractivity contribution < 1.29 is 9.53 Å². The molecule has 0 atom stereocenters. The zero-order valence-electron chi connectivity index (χ0n) is 14.2. The monoisotopic (exact) mass is 442 g/mol. The van der Waals surface area contributed by atoms with E-state index in [-0.39, 0.29) is 5.91 Å². The highest BCUT2D eigenvalue weighted by Crippen LogP contribution is 2.15. The second-order valence-corrected chi connectivity index (χ2v) is 7.05. The summed E-state index contributed by atoms with van der Waals surface area (Å²) in [6.07, 6.45) is 1.57. The number of carbonyl (C=O) groups excluding carboxylic acids is 1. The molecular formula is C21H16BrClN2O2. The first kappa shape index (κ1) is 19.1. The number of carbonyl (C=O) groups is 1. The number of benzene rings is 3. The third kappa shape index (κ3) is 5.94. The highest BCUT2D eigenvalue weighted by Gasteiger charge is 2.04. The van der Waals surface area contributed by atoms with Gasteiger partial charge in [0.1, 0.15) is 12.4 Å². The van der Waals surface area contributed by atoms with Crippen LogP contribution in [0.5, 0.6) is 5.75 Å². The maximum Gasteiger partial charge on any atom is 0.271 e. The molecule has 0 unspecified atom stereocenters. The quantitative estimate of drug-likeness (QED) is 0.407. The molecule has 4 nitrogen and oxygen atoms in total. The van der Waals surface area contributed by atoms with Gasteiger partial charge in [0, 0.05) is 15.1 Å². The van der Waals surface area contributed by atoms with Crippen molar-refractivity contribution in [3.05, 3.63) is 99.0 Å². The van der Waals surface area contributed by atoms with Gasteiger partial charge in [-0.1, -0.05) is 45.7 Å². The van der Waals surface area contributed by atoms with E-state index < -0.39 is 0 Å². The lowest BCUT2D eigenvalue weighted by molar-refractivity contribution is 0.0955. The Morgan fingerprint density at radius 1 is 1.07 bits per heavy atom. The fraction of sp³-hybridized carbons (Fsp3) is 0.0476. The van der Waals surface area contributed by atoms with Crippen molar-refractivity contribution in [1.29, 1.82) is 0 Å². The lowest BCUT2D eigenvalue weighted by atomic mass is 10.2. The Labute approximate surface area is 171 Å². The number of nitrogens with one attached hydrogen (secondary N) is 1. The van der Waals surface area contributed by atoms with Gasteiger partial charge in [-0.2, -0.15) is 5.10 Å². The second-order valence-electron chi connectivity index (χ2n) is 5.69. The number of rotatable bonds is 6. The number of ether oxygens (including phenoxy) is 1. The van der Waals surface area contributed by atoms with Gasteiger partial charge in [0.2, 0.25) is 0 Å². The highest BCUT2D eigenvalue weighted by molar-refractivity contribution is 9.10. The smallest absolute Gasteiger partial charge is 0.271 e. The van der Waals surface area contributed by atoms with Crippen molar-refractivity contribution in [1.82, 2.24) is 5.43 Å². The first-order chi connectivity index (χ1) is 13.1. The van der Waals surface area contributed by atoms with Crippen LogP contribution in [-0.4, -0.2) is 12.1 Å². The molecule has 0 spiro atoms. The molecule has 0 aliphatic carbocycles. The lowest BCUT2D eigenvalue weighted by Crippen LogP contribution is -2.17. The Balaban J connectivity index is 1.51. The number of amides is 1. The van der Waals surface area contributed by atoms with Gasteiger partial charge >= 0.3 is 0 Å². The van der Waals surface area contributed by atoms with E-state index in [1.165, 1.54) is 0 Å². The summed E-state index contributed by atoms with van der Waals surface area (Å²) in [5, 5.41) is 4.47. The Bertz CT molecular complexity index is 941. The van der Waals surface area contributed by atoms with Crippen LogP contribution in [0.25, 0.3) is 0 Å². The molecule has 0 heterocycles. The van der Waals surface area contributed by atoms with Crippen LogP contribution in [0, 0.1) is 0 Å². The fourth-order valence-corrected chi connectivity index (χ4v) is 2.71. The molecule has 0 bridgehead atoms. The van der Waals surface area contributed by atoms with Gasteiger partial charge in [0.05, 0.1) is 6.21 Å². The van der Waals surface area contributed by atoms with E-state index in [0.29, 0.717) is 17.2 Å². The van der Waals surface area contributed by atoms with Gasteiger partial charge in [-0.05, 0) is 65.7 Å². The van der Waals surface area contributed by atoms with E-state index in [0.717, 1.165) is 21.3 Å². The molecule has 0 fully saturated rings. The molecule has 3 rings (SSSR count).